The molecule has 2 aromatic rings. The number of carbonyl (C=O) groups excluding carboxylic acids is 2. The van der Waals surface area contributed by atoms with Crippen LogP contribution < -0.4 is 5.32 Å². The maximum Gasteiger partial charge on any atom is 0.408 e. The highest BCUT2D eigenvalue weighted by atomic mass is 35.5. The summed E-state index contributed by atoms with van der Waals surface area (Å²) in [5.41, 5.74) is -0.171. The number of alkyl carbamates (subject to hydrolysis) is 1. The molecular formula is C17H19ClF2N4O4. The van der Waals surface area contributed by atoms with Crippen LogP contribution in [0.3, 0.4) is 0 Å². The Kier molecular flexibility index (Phi) is 6.90. The number of hydrogen-bond donors (Lipinski definition) is 1. The summed E-state index contributed by atoms with van der Waals surface area (Å²) in [5.74, 6) is -0.583. The Labute approximate surface area is 164 Å². The molecule has 0 bridgehead atoms. The third-order valence-electron chi connectivity index (χ3n) is 3.39. The Morgan fingerprint density at radius 3 is 2.71 bits per heavy atom. The quantitative estimate of drug-likeness (QED) is 0.693. The fourth-order valence-corrected chi connectivity index (χ4v) is 2.50. The van der Waals surface area contributed by atoms with E-state index in [0.717, 1.165) is 11.0 Å². The fraction of sp³-hybridized carbons (Fsp3) is 0.412. The second kappa shape index (κ2) is 8.96. The molecule has 1 aromatic carbocycles. The molecule has 8 nitrogen and oxygen atoms in total. The molecule has 0 radical (unpaired) electrons. The molecule has 0 fully saturated rings. The molecule has 0 saturated heterocycles. The predicted octanol–water partition coefficient (Wildman–Crippen LogP) is 3.60. The summed E-state index contributed by atoms with van der Waals surface area (Å²) in [5, 5.41) is 6.50. The van der Waals surface area contributed by atoms with Gasteiger partial charge in [0.2, 0.25) is 0 Å². The first kappa shape index (κ1) is 21.5. The number of hydrogen-bond acceptors (Lipinski definition) is 6. The molecule has 11 heteroatoms. The molecule has 28 heavy (non-hydrogen) atoms. The highest BCUT2D eigenvalue weighted by molar-refractivity contribution is 6.32. The van der Waals surface area contributed by atoms with E-state index in [1.165, 1.54) is 12.1 Å². The van der Waals surface area contributed by atoms with Crippen molar-refractivity contribution in [3.63, 3.8) is 0 Å². The molecule has 1 unspecified atom stereocenters. The van der Waals surface area contributed by atoms with Gasteiger partial charge in [-0.15, -0.1) is 0 Å². The van der Waals surface area contributed by atoms with E-state index >= 15 is 0 Å². The van der Waals surface area contributed by atoms with Crippen LogP contribution in [-0.4, -0.2) is 39.5 Å². The van der Waals surface area contributed by atoms with Crippen LogP contribution in [0.25, 0.3) is 5.69 Å². The van der Waals surface area contributed by atoms with E-state index in [0.29, 0.717) is 5.56 Å². The van der Waals surface area contributed by atoms with Crippen molar-refractivity contribution in [1.29, 1.82) is 0 Å². The standard InChI is InChI=1S/C17H19ClF2N4O4/c1-17(2,3)28-16(26)23-12(7-27-9-25)10-4-5-11(18)13(6-10)24-15(14(19)20)21-8-22-24/h4-6,8-9,12,14H,7H2,1-3H3,(H,23,26). The monoisotopic (exact) mass is 416 g/mol. The summed E-state index contributed by atoms with van der Waals surface area (Å²) < 4.78 is 37.1. The van der Waals surface area contributed by atoms with Gasteiger partial charge in [-0.2, -0.15) is 5.10 Å². The number of ether oxygens (including phenoxy) is 2. The Balaban J connectivity index is 2.37. The SMILES string of the molecule is CC(C)(C)OC(=O)NC(COC=O)c1ccc(Cl)c(-n2ncnc2C(F)F)c1. The van der Waals surface area contributed by atoms with Gasteiger partial charge in [0.15, 0.2) is 5.82 Å². The predicted molar refractivity (Wildman–Crippen MR) is 95.5 cm³/mol. The van der Waals surface area contributed by atoms with E-state index in [-0.39, 0.29) is 23.8 Å². The van der Waals surface area contributed by atoms with Crippen LogP contribution >= 0.6 is 11.6 Å². The zero-order chi connectivity index (χ0) is 20.9. The molecule has 1 aromatic heterocycles. The molecular weight excluding hydrogens is 398 g/mol. The lowest BCUT2D eigenvalue weighted by atomic mass is 10.1. The first-order chi connectivity index (χ1) is 13.1. The molecule has 152 valence electrons. The number of benzene rings is 1. The molecule has 0 saturated carbocycles. The van der Waals surface area contributed by atoms with Crippen LogP contribution in [0.1, 0.15) is 44.6 Å². The third-order valence-corrected chi connectivity index (χ3v) is 3.71. The highest BCUT2D eigenvalue weighted by Gasteiger charge is 2.23. The average Bonchev–Trinajstić information content (AvgIpc) is 3.07. The molecule has 1 heterocycles. The van der Waals surface area contributed by atoms with Gasteiger partial charge in [0.1, 0.15) is 18.5 Å². The Hall–Kier alpha value is -2.75. The number of nitrogens with zero attached hydrogens (tertiary/aromatic N) is 3. The largest absolute Gasteiger partial charge is 0.465 e. The van der Waals surface area contributed by atoms with Crippen LogP contribution in [0.5, 0.6) is 0 Å². The number of halogens is 3. The zero-order valence-corrected chi connectivity index (χ0v) is 16.1. The van der Waals surface area contributed by atoms with E-state index in [9.17, 15) is 18.4 Å². The molecule has 0 aliphatic carbocycles. The second-order valence-electron chi connectivity index (χ2n) is 6.67. The summed E-state index contributed by atoms with van der Waals surface area (Å²) in [6.07, 6.45) is -2.62. The first-order valence-corrected chi connectivity index (χ1v) is 8.53. The van der Waals surface area contributed by atoms with E-state index in [1.807, 2.05) is 0 Å². The average molecular weight is 417 g/mol. The first-order valence-electron chi connectivity index (χ1n) is 8.15. The van der Waals surface area contributed by atoms with Gasteiger partial charge in [-0.25, -0.2) is 23.2 Å². The van der Waals surface area contributed by atoms with Crippen LogP contribution in [0.15, 0.2) is 24.5 Å². The van der Waals surface area contributed by atoms with Crippen molar-refractivity contribution in [2.45, 2.75) is 38.8 Å². The summed E-state index contributed by atoms with van der Waals surface area (Å²) in [6.45, 7) is 5.11. The molecule has 1 amide bonds. The third kappa shape index (κ3) is 5.62. The van der Waals surface area contributed by atoms with Crippen molar-refractivity contribution in [2.24, 2.45) is 0 Å². The normalized spacial score (nSPS) is 12.5. The summed E-state index contributed by atoms with van der Waals surface area (Å²) in [4.78, 5) is 26.2. The van der Waals surface area contributed by atoms with Gasteiger partial charge in [-0.1, -0.05) is 17.7 Å². The Morgan fingerprint density at radius 2 is 2.11 bits per heavy atom. The smallest absolute Gasteiger partial charge is 0.408 e. The van der Waals surface area contributed by atoms with E-state index < -0.39 is 30.0 Å². The summed E-state index contributed by atoms with van der Waals surface area (Å²) in [7, 11) is 0. The molecule has 0 aliphatic rings. The molecule has 1 N–H and O–H groups in total. The number of rotatable bonds is 7. The van der Waals surface area contributed by atoms with Crippen molar-refractivity contribution < 1.29 is 27.8 Å². The second-order valence-corrected chi connectivity index (χ2v) is 7.08. The summed E-state index contributed by atoms with van der Waals surface area (Å²) in [6, 6.07) is 3.64. The van der Waals surface area contributed by atoms with Crippen LogP contribution in [0.4, 0.5) is 13.6 Å². The van der Waals surface area contributed by atoms with Gasteiger partial charge in [-0.05, 0) is 38.5 Å². The lowest BCUT2D eigenvalue weighted by Gasteiger charge is -2.24. The maximum absolute atomic E-state index is 13.1. The zero-order valence-electron chi connectivity index (χ0n) is 15.4. The van der Waals surface area contributed by atoms with Gasteiger partial charge in [-0.3, -0.25) is 4.79 Å². The van der Waals surface area contributed by atoms with Gasteiger partial charge >= 0.3 is 6.09 Å². The molecule has 1 atom stereocenters. The van der Waals surface area contributed by atoms with Crippen LogP contribution in [0.2, 0.25) is 5.02 Å². The van der Waals surface area contributed by atoms with Crippen molar-refractivity contribution in [3.8, 4) is 5.69 Å². The van der Waals surface area contributed by atoms with Crippen LogP contribution in [0, 0.1) is 0 Å². The molecule has 2 rings (SSSR count). The maximum atomic E-state index is 13.1. The minimum atomic E-state index is -2.86. The Bertz CT molecular complexity index is 839. The number of carbonyl (C=O) groups is 2. The number of nitrogens with one attached hydrogen (secondary N) is 1. The van der Waals surface area contributed by atoms with Crippen LogP contribution in [-0.2, 0) is 14.3 Å². The van der Waals surface area contributed by atoms with Crippen molar-refractivity contribution >= 4 is 24.2 Å². The fourth-order valence-electron chi connectivity index (χ4n) is 2.30. The van der Waals surface area contributed by atoms with Crippen molar-refractivity contribution in [3.05, 3.63) is 40.9 Å². The minimum Gasteiger partial charge on any atom is -0.465 e. The van der Waals surface area contributed by atoms with E-state index in [1.54, 1.807) is 26.8 Å². The van der Waals surface area contributed by atoms with Gasteiger partial charge in [0.25, 0.3) is 12.9 Å². The lowest BCUT2D eigenvalue weighted by molar-refractivity contribution is -0.129. The minimum absolute atomic E-state index is 0.133. The highest BCUT2D eigenvalue weighted by Crippen LogP contribution is 2.28. The van der Waals surface area contributed by atoms with E-state index in [2.05, 4.69) is 15.4 Å². The topological polar surface area (TPSA) is 95.3 Å². The van der Waals surface area contributed by atoms with Crippen molar-refractivity contribution in [2.75, 3.05) is 6.61 Å². The van der Waals surface area contributed by atoms with Crippen molar-refractivity contribution in [1.82, 2.24) is 20.1 Å². The number of alkyl halides is 2. The Morgan fingerprint density at radius 1 is 1.39 bits per heavy atom. The number of aromatic nitrogens is 3. The molecule has 0 aliphatic heterocycles. The van der Waals surface area contributed by atoms with Gasteiger partial charge in [0, 0.05) is 0 Å². The molecule has 0 spiro atoms. The summed E-state index contributed by atoms with van der Waals surface area (Å²) >= 11 is 6.13. The van der Waals surface area contributed by atoms with Gasteiger partial charge in [0.05, 0.1) is 16.8 Å². The number of amides is 1. The van der Waals surface area contributed by atoms with E-state index in [4.69, 9.17) is 21.1 Å². The van der Waals surface area contributed by atoms with Gasteiger partial charge < -0.3 is 14.8 Å². The lowest BCUT2D eigenvalue weighted by Crippen LogP contribution is -2.36.